The van der Waals surface area contributed by atoms with Crippen LogP contribution in [0.1, 0.15) is 29.5 Å². The molecule has 0 bridgehead atoms. The molecule has 4 aromatic rings. The van der Waals surface area contributed by atoms with Gasteiger partial charge in [-0.3, -0.25) is 4.90 Å². The first kappa shape index (κ1) is 25.9. The fourth-order valence-corrected chi connectivity index (χ4v) is 4.88. The lowest BCUT2D eigenvalue weighted by Crippen LogP contribution is -2.25. The van der Waals surface area contributed by atoms with Crippen LogP contribution in [0.25, 0.3) is 22.1 Å². The van der Waals surface area contributed by atoms with E-state index in [-0.39, 0.29) is 5.56 Å². The van der Waals surface area contributed by atoms with Crippen molar-refractivity contribution in [2.24, 2.45) is 0 Å². The van der Waals surface area contributed by atoms with Crippen molar-refractivity contribution in [1.29, 1.82) is 0 Å². The summed E-state index contributed by atoms with van der Waals surface area (Å²) in [6, 6.07) is 17.4. The predicted octanol–water partition coefficient (Wildman–Crippen LogP) is 6.55. The molecule has 3 aromatic carbocycles. The summed E-state index contributed by atoms with van der Waals surface area (Å²) in [4.78, 5) is 15.5. The van der Waals surface area contributed by atoms with E-state index in [2.05, 4.69) is 4.90 Å². The Balaban J connectivity index is 1.47. The third kappa shape index (κ3) is 5.70. The molecule has 2 heterocycles. The number of halogens is 3. The molecule has 0 aliphatic carbocycles. The zero-order chi connectivity index (χ0) is 26.7. The monoisotopic (exact) mass is 523 g/mol. The van der Waals surface area contributed by atoms with Crippen molar-refractivity contribution in [1.82, 2.24) is 4.90 Å². The lowest BCUT2D eigenvalue weighted by Gasteiger charge is -2.15. The number of methoxy groups -OCH3 is 1. The molecule has 0 unspecified atom stereocenters. The summed E-state index contributed by atoms with van der Waals surface area (Å²) in [5, 5.41) is 0.686. The lowest BCUT2D eigenvalue weighted by molar-refractivity contribution is -0.137. The maximum absolute atomic E-state index is 13.2. The minimum absolute atomic E-state index is 0.238. The first-order chi connectivity index (χ1) is 18.3. The van der Waals surface area contributed by atoms with Crippen LogP contribution < -0.4 is 15.1 Å². The molecule has 0 amide bonds. The molecule has 0 N–H and O–H groups in total. The molecule has 1 fully saturated rings. The highest BCUT2D eigenvalue weighted by atomic mass is 19.4. The van der Waals surface area contributed by atoms with Crippen molar-refractivity contribution in [2.45, 2.75) is 25.4 Å². The van der Waals surface area contributed by atoms with Gasteiger partial charge in [-0.2, -0.15) is 13.2 Å². The topological polar surface area (TPSA) is 51.9 Å². The van der Waals surface area contributed by atoms with E-state index in [4.69, 9.17) is 13.9 Å². The highest BCUT2D eigenvalue weighted by Gasteiger charge is 2.30. The summed E-state index contributed by atoms with van der Waals surface area (Å²) >= 11 is 0. The number of benzene rings is 3. The van der Waals surface area contributed by atoms with E-state index in [1.54, 1.807) is 18.2 Å². The molecular formula is C30H28F3NO4. The Morgan fingerprint density at radius 2 is 1.61 bits per heavy atom. The van der Waals surface area contributed by atoms with E-state index in [1.807, 2.05) is 24.3 Å². The van der Waals surface area contributed by atoms with Crippen LogP contribution in [-0.4, -0.2) is 38.3 Å². The molecule has 1 aromatic heterocycles. The molecule has 0 saturated carbocycles. The van der Waals surface area contributed by atoms with Crippen LogP contribution in [0.3, 0.4) is 0 Å². The molecule has 5 nitrogen and oxygen atoms in total. The van der Waals surface area contributed by atoms with Gasteiger partial charge in [0.15, 0.2) is 0 Å². The summed E-state index contributed by atoms with van der Waals surface area (Å²) in [5.74, 6) is 1.29. The molecule has 0 spiro atoms. The van der Waals surface area contributed by atoms with Crippen molar-refractivity contribution in [2.75, 3.05) is 33.4 Å². The number of fused-ring (bicyclic) bond motifs is 1. The molecule has 8 heteroatoms. The Morgan fingerprint density at radius 3 is 2.26 bits per heavy atom. The summed E-state index contributed by atoms with van der Waals surface area (Å²) in [6.07, 6.45) is -1.62. The van der Waals surface area contributed by atoms with Crippen LogP contribution in [0.4, 0.5) is 13.2 Å². The van der Waals surface area contributed by atoms with Crippen molar-refractivity contribution in [3.8, 4) is 22.6 Å². The number of ether oxygens (including phenoxy) is 2. The van der Waals surface area contributed by atoms with Gasteiger partial charge in [0.1, 0.15) is 23.7 Å². The highest BCUT2D eigenvalue weighted by Crippen LogP contribution is 2.34. The molecule has 198 valence electrons. The van der Waals surface area contributed by atoms with E-state index in [1.165, 1.54) is 32.1 Å². The lowest BCUT2D eigenvalue weighted by atomic mass is 9.93. The number of hydrogen-bond acceptors (Lipinski definition) is 5. The van der Waals surface area contributed by atoms with Gasteiger partial charge in [0.2, 0.25) is 0 Å². The average molecular weight is 524 g/mol. The van der Waals surface area contributed by atoms with Gasteiger partial charge in [-0.1, -0.05) is 24.3 Å². The van der Waals surface area contributed by atoms with Gasteiger partial charge in [-0.15, -0.1) is 0 Å². The third-order valence-electron chi connectivity index (χ3n) is 6.90. The van der Waals surface area contributed by atoms with Gasteiger partial charge in [0, 0.05) is 18.0 Å². The van der Waals surface area contributed by atoms with Crippen LogP contribution in [0.15, 0.2) is 75.9 Å². The molecule has 1 saturated heterocycles. The van der Waals surface area contributed by atoms with Crippen molar-refractivity contribution < 1.29 is 27.1 Å². The summed E-state index contributed by atoms with van der Waals surface area (Å²) in [6.45, 7) is 3.75. The first-order valence-corrected chi connectivity index (χ1v) is 12.6. The smallest absolute Gasteiger partial charge is 0.416 e. The van der Waals surface area contributed by atoms with Crippen LogP contribution in [0.5, 0.6) is 11.5 Å². The molecule has 0 atom stereocenters. The second kappa shape index (κ2) is 10.9. The fourth-order valence-electron chi connectivity index (χ4n) is 4.88. The van der Waals surface area contributed by atoms with Crippen LogP contribution in [0, 0.1) is 0 Å². The van der Waals surface area contributed by atoms with Crippen LogP contribution >= 0.6 is 0 Å². The fraction of sp³-hybridized carbons (Fsp3) is 0.300. The Kier molecular flexibility index (Phi) is 7.42. The minimum atomic E-state index is -4.47. The van der Waals surface area contributed by atoms with E-state index in [0.717, 1.165) is 43.1 Å². The number of nitrogens with zero attached hydrogens (tertiary/aromatic N) is 1. The van der Waals surface area contributed by atoms with Gasteiger partial charge >= 0.3 is 11.8 Å². The number of alkyl halides is 3. The molecule has 1 aliphatic rings. The van der Waals surface area contributed by atoms with E-state index in [9.17, 15) is 18.0 Å². The van der Waals surface area contributed by atoms with Gasteiger partial charge < -0.3 is 13.9 Å². The normalized spacial score (nSPS) is 14.2. The molecule has 38 heavy (non-hydrogen) atoms. The van der Waals surface area contributed by atoms with Crippen LogP contribution in [0.2, 0.25) is 0 Å². The second-order valence-electron chi connectivity index (χ2n) is 9.40. The van der Waals surface area contributed by atoms with Crippen molar-refractivity contribution >= 4 is 11.0 Å². The number of hydrogen-bond donors (Lipinski definition) is 0. The standard InChI is InChI=1S/C30H28F3NO4/c1-36-24-12-13-25-26(18-20-4-10-23(11-5-20)37-17-16-34-14-2-3-15-34)28(29(35)38-27(25)19-24)21-6-8-22(9-7-21)30(31,32)33/h4-13,19H,2-3,14-18H2,1H3. The zero-order valence-corrected chi connectivity index (χ0v) is 21.0. The average Bonchev–Trinajstić information content (AvgIpc) is 3.42. The summed E-state index contributed by atoms with van der Waals surface area (Å²) in [7, 11) is 1.52. The third-order valence-corrected chi connectivity index (χ3v) is 6.90. The van der Waals surface area contributed by atoms with E-state index >= 15 is 0 Å². The minimum Gasteiger partial charge on any atom is -0.497 e. The van der Waals surface area contributed by atoms with E-state index < -0.39 is 17.4 Å². The van der Waals surface area contributed by atoms with Gasteiger partial charge in [0.05, 0.1) is 18.2 Å². The first-order valence-electron chi connectivity index (χ1n) is 12.6. The molecular weight excluding hydrogens is 495 g/mol. The quantitative estimate of drug-likeness (QED) is 0.245. The largest absolute Gasteiger partial charge is 0.497 e. The maximum Gasteiger partial charge on any atom is 0.416 e. The van der Waals surface area contributed by atoms with Crippen molar-refractivity contribution in [3.05, 3.63) is 93.8 Å². The Bertz CT molecular complexity index is 1450. The highest BCUT2D eigenvalue weighted by molar-refractivity contribution is 5.88. The number of likely N-dealkylation sites (tertiary alicyclic amines) is 1. The SMILES string of the molecule is COc1ccc2c(Cc3ccc(OCCN4CCCC4)cc3)c(-c3ccc(C(F)(F)F)cc3)c(=O)oc2c1. The molecule has 5 rings (SSSR count). The van der Waals surface area contributed by atoms with Crippen molar-refractivity contribution in [3.63, 3.8) is 0 Å². The maximum atomic E-state index is 13.2. The molecule has 1 aliphatic heterocycles. The number of rotatable bonds is 8. The summed E-state index contributed by atoms with van der Waals surface area (Å²) < 4.78 is 56.2. The van der Waals surface area contributed by atoms with E-state index in [0.29, 0.717) is 40.9 Å². The van der Waals surface area contributed by atoms with Crippen LogP contribution in [-0.2, 0) is 12.6 Å². The summed E-state index contributed by atoms with van der Waals surface area (Å²) in [5.41, 5.74) is 1.14. The Labute approximate surface area is 218 Å². The molecule has 0 radical (unpaired) electrons. The Hall–Kier alpha value is -3.78. The van der Waals surface area contributed by atoms with Gasteiger partial charge in [-0.25, -0.2) is 4.79 Å². The zero-order valence-electron chi connectivity index (χ0n) is 21.0. The van der Waals surface area contributed by atoms with Gasteiger partial charge in [-0.05, 0) is 85.4 Å². The predicted molar refractivity (Wildman–Crippen MR) is 140 cm³/mol. The Morgan fingerprint density at radius 1 is 0.921 bits per heavy atom. The second-order valence-corrected chi connectivity index (χ2v) is 9.40. The van der Waals surface area contributed by atoms with Gasteiger partial charge in [0.25, 0.3) is 0 Å².